The predicted molar refractivity (Wildman–Crippen MR) is 198 cm³/mol. The SMILES string of the molecule is [B][B]C1OC(COP(C)(=O)OC2C(CO)OC(B([B])[B])C2C)C(OP(C)(=O)OCC2OC([B])C(C)C2OP(C)(=O)OCC2OC([B])C(C)C2O)C1C. The molecule has 0 aromatic carbocycles. The van der Waals surface area contributed by atoms with Gasteiger partial charge >= 0.3 is 22.8 Å². The van der Waals surface area contributed by atoms with Gasteiger partial charge in [0.25, 0.3) is 0 Å². The Kier molecular flexibility index (Phi) is 16.1. The van der Waals surface area contributed by atoms with Gasteiger partial charge in [-0.2, -0.15) is 0 Å². The summed E-state index contributed by atoms with van der Waals surface area (Å²) >= 11 is 0. The van der Waals surface area contributed by atoms with Crippen LogP contribution in [0.1, 0.15) is 27.7 Å². The van der Waals surface area contributed by atoms with Crippen LogP contribution in [0.4, 0.5) is 0 Å². The van der Waals surface area contributed by atoms with Gasteiger partial charge in [-0.25, -0.2) is 0 Å². The Labute approximate surface area is 315 Å². The minimum absolute atomic E-state index is 0.228. The molecule has 0 aromatic rings. The first-order valence-electron chi connectivity index (χ1n) is 17.3. The molecule has 4 saturated heterocycles. The molecule has 4 fully saturated rings. The Hall–Kier alpha value is 0.665. The van der Waals surface area contributed by atoms with Crippen molar-refractivity contribution < 1.29 is 70.0 Å². The van der Waals surface area contributed by atoms with E-state index in [9.17, 15) is 23.9 Å². The summed E-state index contributed by atoms with van der Waals surface area (Å²) in [5.74, 6) is -1.64. The quantitative estimate of drug-likeness (QED) is 0.140. The Balaban J connectivity index is 1.35. The van der Waals surface area contributed by atoms with Gasteiger partial charge in [-0.1, -0.05) is 27.7 Å². The number of hydrogen-bond donors (Lipinski definition) is 2. The van der Waals surface area contributed by atoms with Crippen molar-refractivity contribution in [3.63, 3.8) is 0 Å². The Bertz CT molecular complexity index is 1330. The fourth-order valence-corrected chi connectivity index (χ4v) is 10.6. The van der Waals surface area contributed by atoms with Crippen LogP contribution in [0.25, 0.3) is 0 Å². The zero-order valence-electron chi connectivity index (χ0n) is 30.7. The van der Waals surface area contributed by atoms with E-state index < -0.39 is 126 Å². The van der Waals surface area contributed by atoms with Crippen LogP contribution in [0, 0.1) is 23.7 Å². The molecule has 0 saturated carbocycles. The van der Waals surface area contributed by atoms with Crippen molar-refractivity contribution >= 4 is 75.4 Å². The largest absolute Gasteiger partial charge is 0.394 e. The van der Waals surface area contributed by atoms with Crippen LogP contribution in [-0.2, 0) is 59.8 Å². The summed E-state index contributed by atoms with van der Waals surface area (Å²) in [6.07, 6.45) is -6.95. The molecule has 0 aromatic heterocycles. The Morgan fingerprint density at radius 3 is 1.52 bits per heavy atom. The van der Waals surface area contributed by atoms with Gasteiger partial charge < -0.3 is 56.3 Å². The topological polar surface area (TPSA) is 184 Å². The van der Waals surface area contributed by atoms with Crippen molar-refractivity contribution in [2.75, 3.05) is 46.4 Å². The summed E-state index contributed by atoms with van der Waals surface area (Å²) in [6, 6.07) is -2.78. The Morgan fingerprint density at radius 1 is 0.654 bits per heavy atom. The van der Waals surface area contributed by atoms with Crippen molar-refractivity contribution in [3.05, 3.63) is 0 Å². The molecule has 15 nitrogen and oxygen atoms in total. The molecule has 25 heteroatoms. The van der Waals surface area contributed by atoms with Crippen LogP contribution >= 0.6 is 22.8 Å². The Morgan fingerprint density at radius 2 is 1.08 bits per heavy atom. The number of hydrogen-bond acceptors (Lipinski definition) is 15. The van der Waals surface area contributed by atoms with Gasteiger partial charge in [-0.05, 0) is 0 Å². The van der Waals surface area contributed by atoms with Crippen LogP contribution in [-0.4, -0.2) is 182 Å². The van der Waals surface area contributed by atoms with Crippen molar-refractivity contribution in [2.24, 2.45) is 23.7 Å². The molecule has 281 valence electrons. The molecule has 4 rings (SSSR count). The highest BCUT2D eigenvalue weighted by Crippen LogP contribution is 2.53. The molecule has 52 heavy (non-hydrogen) atoms. The monoisotopic (exact) mass is 781 g/mol. The van der Waals surface area contributed by atoms with Gasteiger partial charge in [0.15, 0.2) is 0 Å². The first kappa shape index (κ1) is 45.4. The molecule has 4 aliphatic rings. The van der Waals surface area contributed by atoms with Crippen LogP contribution in [0.3, 0.4) is 0 Å². The molecule has 4 aliphatic heterocycles. The van der Waals surface area contributed by atoms with E-state index in [1.54, 1.807) is 27.7 Å². The van der Waals surface area contributed by atoms with Gasteiger partial charge in [0.2, 0.25) is 0 Å². The molecule has 0 aliphatic carbocycles. The normalized spacial score (nSPS) is 44.2. The average molecular weight is 780 g/mol. The van der Waals surface area contributed by atoms with Crippen molar-refractivity contribution in [2.45, 2.75) is 101 Å². The van der Waals surface area contributed by atoms with E-state index in [0.717, 1.165) is 0 Å². The maximum Gasteiger partial charge on any atom is 0.328 e. The van der Waals surface area contributed by atoms with Gasteiger partial charge in [0.05, 0.1) is 64.5 Å². The zero-order valence-corrected chi connectivity index (χ0v) is 33.3. The van der Waals surface area contributed by atoms with Gasteiger partial charge in [-0.3, -0.25) is 13.7 Å². The van der Waals surface area contributed by atoms with E-state index in [-0.39, 0.29) is 25.7 Å². The molecule has 4 heterocycles. The molecular formula is C27H47B7O15P3. The van der Waals surface area contributed by atoms with Crippen LogP contribution in [0.2, 0.25) is 0 Å². The van der Waals surface area contributed by atoms with E-state index in [1.807, 2.05) is 0 Å². The van der Waals surface area contributed by atoms with Gasteiger partial charge in [0, 0.05) is 90.9 Å². The lowest BCUT2D eigenvalue weighted by molar-refractivity contribution is -0.0226. The first-order chi connectivity index (χ1) is 24.1. The first-order valence-corrected chi connectivity index (χ1v) is 23.3. The van der Waals surface area contributed by atoms with Gasteiger partial charge in [0.1, 0.15) is 40.1 Å². The average Bonchev–Trinajstić information content (AvgIpc) is 3.71. The highest BCUT2D eigenvalue weighted by Gasteiger charge is 2.49. The van der Waals surface area contributed by atoms with E-state index in [0.29, 0.717) is 0 Å². The van der Waals surface area contributed by atoms with Crippen LogP contribution in [0.5, 0.6) is 0 Å². The molecule has 0 bridgehead atoms. The standard InChI is InChI=1S/C27H47B7O15P3/c1-12-20(36)17(43-24(12)28)9-40-50(5,37)47-21-13(2)25(29)44-18(21)10-41-51(6,38)48-22-14(3)26(33-30)45-19(22)11-42-52(7,39)49-23-15(4)27(34(31)32)46-16(23)8-35/h12-27,35-36H,8-11H2,1-7H3. The predicted octanol–water partition coefficient (Wildman–Crippen LogP) is -0.0107. The fourth-order valence-electron chi connectivity index (χ4n) is 6.81. The van der Waals surface area contributed by atoms with Crippen molar-refractivity contribution in [3.8, 4) is 0 Å². The lowest BCUT2D eigenvalue weighted by Crippen LogP contribution is -2.38. The van der Waals surface area contributed by atoms with E-state index in [1.165, 1.54) is 27.2 Å². The van der Waals surface area contributed by atoms with E-state index in [4.69, 9.17) is 85.0 Å². The molecule has 11 radical (unpaired) electrons. The van der Waals surface area contributed by atoms with Crippen LogP contribution in [0.15, 0.2) is 0 Å². The summed E-state index contributed by atoms with van der Waals surface area (Å²) in [4.78, 5) is 0. The molecule has 0 amide bonds. The number of aliphatic hydroxyl groups excluding tert-OH is 2. The second-order valence-electron chi connectivity index (χ2n) is 14.3. The molecular weight excluding hydrogens is 733 g/mol. The minimum Gasteiger partial charge on any atom is -0.394 e. The highest BCUT2D eigenvalue weighted by molar-refractivity contribution is 7.53. The summed E-state index contributed by atoms with van der Waals surface area (Å²) < 4.78 is 98.3. The second-order valence-corrected chi connectivity index (χ2v) is 20.4. The van der Waals surface area contributed by atoms with E-state index in [2.05, 4.69) is 0 Å². The summed E-state index contributed by atoms with van der Waals surface area (Å²) in [5, 5.41) is 20.1. The smallest absolute Gasteiger partial charge is 0.328 e. The summed E-state index contributed by atoms with van der Waals surface area (Å²) in [7, 11) is 19.3. The molecule has 19 unspecified atom stereocenters. The highest BCUT2D eigenvalue weighted by atomic mass is 31.2. The number of rotatable bonds is 18. The summed E-state index contributed by atoms with van der Waals surface area (Å²) in [6.45, 7) is 8.70. The lowest BCUT2D eigenvalue weighted by atomic mass is 9.16. The van der Waals surface area contributed by atoms with Gasteiger partial charge in [-0.15, -0.1) is 0 Å². The van der Waals surface area contributed by atoms with Crippen LogP contribution < -0.4 is 0 Å². The lowest BCUT2D eigenvalue weighted by Gasteiger charge is -2.29. The third-order valence-electron chi connectivity index (χ3n) is 10.1. The minimum atomic E-state index is -3.89. The van der Waals surface area contributed by atoms with Crippen molar-refractivity contribution in [1.82, 2.24) is 0 Å². The number of ether oxygens (including phenoxy) is 4. The molecule has 19 atom stereocenters. The maximum atomic E-state index is 13.7. The zero-order chi connectivity index (χ0) is 38.9. The maximum absolute atomic E-state index is 13.7. The molecule has 2 N–H and O–H groups in total. The van der Waals surface area contributed by atoms with Crippen molar-refractivity contribution in [1.29, 1.82) is 0 Å². The molecule has 0 spiro atoms. The third-order valence-corrected chi connectivity index (χ3v) is 13.8. The second kappa shape index (κ2) is 18.5. The third kappa shape index (κ3) is 11.2. The number of aliphatic hydroxyl groups is 2. The van der Waals surface area contributed by atoms with E-state index >= 15 is 0 Å². The summed E-state index contributed by atoms with van der Waals surface area (Å²) in [5.41, 5.74) is 0. The fraction of sp³-hybridized carbons (Fsp3) is 1.00.